The van der Waals surface area contributed by atoms with Crippen molar-refractivity contribution < 1.29 is 9.90 Å². The number of carbonyl (C=O) groups is 1. The second-order valence-corrected chi connectivity index (χ2v) is 3.83. The predicted octanol–water partition coefficient (Wildman–Crippen LogP) is 1.91. The molecule has 1 rings (SSSR count). The van der Waals surface area contributed by atoms with Crippen molar-refractivity contribution in [1.82, 2.24) is 4.98 Å². The maximum atomic E-state index is 10.7. The molecule has 1 heterocycles. The van der Waals surface area contributed by atoms with Gasteiger partial charge in [0.05, 0.1) is 5.02 Å². The Bertz CT molecular complexity index is 457. The van der Waals surface area contributed by atoms with Crippen LogP contribution >= 0.6 is 11.6 Å². The Labute approximate surface area is 104 Å². The highest BCUT2D eigenvalue weighted by atomic mass is 35.5. The molecule has 0 atom stereocenters. The van der Waals surface area contributed by atoms with E-state index in [9.17, 15) is 4.79 Å². The van der Waals surface area contributed by atoms with E-state index in [0.717, 1.165) is 6.42 Å². The van der Waals surface area contributed by atoms with E-state index in [0.29, 0.717) is 12.4 Å². The lowest BCUT2D eigenvalue weighted by molar-refractivity contribution is -0.135. The molecule has 0 spiro atoms. The Kier molecular flexibility index (Phi) is 4.73. The van der Waals surface area contributed by atoms with Crippen molar-refractivity contribution in [2.75, 3.05) is 18.0 Å². The number of pyridine rings is 1. The molecule has 1 N–H and O–H groups in total. The predicted molar refractivity (Wildman–Crippen MR) is 64.1 cm³/mol. The first-order chi connectivity index (χ1) is 8.08. The standard InChI is InChI=1S/C11H12ClN3O2/c1-2-5-15(7-11(16)17)10-4-3-8(12)9(6-13)14-10/h3-4H,2,5,7H2,1H3,(H,16,17). The van der Waals surface area contributed by atoms with Crippen molar-refractivity contribution in [3.05, 3.63) is 22.8 Å². The van der Waals surface area contributed by atoms with Gasteiger partial charge in [-0.3, -0.25) is 4.79 Å². The smallest absolute Gasteiger partial charge is 0.323 e. The topological polar surface area (TPSA) is 77.2 Å². The van der Waals surface area contributed by atoms with Crippen LogP contribution in [0.5, 0.6) is 0 Å². The molecule has 0 aliphatic carbocycles. The zero-order chi connectivity index (χ0) is 12.8. The van der Waals surface area contributed by atoms with Crippen LogP contribution in [-0.2, 0) is 4.79 Å². The van der Waals surface area contributed by atoms with Crippen LogP contribution in [0.2, 0.25) is 5.02 Å². The first-order valence-corrected chi connectivity index (χ1v) is 5.49. The molecule has 5 nitrogen and oxygen atoms in total. The second-order valence-electron chi connectivity index (χ2n) is 3.43. The molecule has 0 saturated carbocycles. The van der Waals surface area contributed by atoms with Gasteiger partial charge in [-0.05, 0) is 18.6 Å². The van der Waals surface area contributed by atoms with Gasteiger partial charge in [-0.25, -0.2) is 4.98 Å². The van der Waals surface area contributed by atoms with Crippen LogP contribution in [0.1, 0.15) is 19.0 Å². The van der Waals surface area contributed by atoms with Crippen LogP contribution in [0.4, 0.5) is 5.82 Å². The number of aliphatic carboxylic acids is 1. The van der Waals surface area contributed by atoms with Crippen molar-refractivity contribution in [3.8, 4) is 6.07 Å². The van der Waals surface area contributed by atoms with Crippen LogP contribution in [0, 0.1) is 11.3 Å². The molecular formula is C11H12ClN3O2. The third kappa shape index (κ3) is 3.61. The quantitative estimate of drug-likeness (QED) is 0.867. The highest BCUT2D eigenvalue weighted by Crippen LogP contribution is 2.18. The Balaban J connectivity index is 3.02. The molecule has 0 saturated heterocycles. The maximum Gasteiger partial charge on any atom is 0.323 e. The molecule has 17 heavy (non-hydrogen) atoms. The molecule has 0 aliphatic rings. The average molecular weight is 254 g/mol. The molecular weight excluding hydrogens is 242 g/mol. The fourth-order valence-corrected chi connectivity index (χ4v) is 1.54. The van der Waals surface area contributed by atoms with Crippen molar-refractivity contribution >= 4 is 23.4 Å². The minimum Gasteiger partial charge on any atom is -0.480 e. The molecule has 0 fully saturated rings. The molecule has 0 aliphatic heterocycles. The van der Waals surface area contributed by atoms with Crippen molar-refractivity contribution in [2.24, 2.45) is 0 Å². The van der Waals surface area contributed by atoms with Gasteiger partial charge in [-0.15, -0.1) is 0 Å². The van der Waals surface area contributed by atoms with Crippen LogP contribution in [0.3, 0.4) is 0 Å². The first kappa shape index (κ1) is 13.3. The molecule has 1 aromatic heterocycles. The van der Waals surface area contributed by atoms with Gasteiger partial charge in [0, 0.05) is 6.54 Å². The number of anilines is 1. The van der Waals surface area contributed by atoms with Crippen molar-refractivity contribution in [3.63, 3.8) is 0 Å². The second kappa shape index (κ2) is 6.06. The van der Waals surface area contributed by atoms with E-state index in [2.05, 4.69) is 4.98 Å². The summed E-state index contributed by atoms with van der Waals surface area (Å²) in [6.45, 7) is 2.36. The number of carboxylic acids is 1. The lowest BCUT2D eigenvalue weighted by atomic mass is 10.3. The summed E-state index contributed by atoms with van der Waals surface area (Å²) < 4.78 is 0. The Morgan fingerprint density at radius 1 is 1.65 bits per heavy atom. The Morgan fingerprint density at radius 3 is 2.88 bits per heavy atom. The molecule has 90 valence electrons. The van der Waals surface area contributed by atoms with E-state index in [1.165, 1.54) is 0 Å². The van der Waals surface area contributed by atoms with Gasteiger partial charge in [0.15, 0.2) is 5.69 Å². The van der Waals surface area contributed by atoms with Crippen LogP contribution in [0.25, 0.3) is 0 Å². The fourth-order valence-electron chi connectivity index (χ4n) is 1.39. The van der Waals surface area contributed by atoms with Gasteiger partial charge < -0.3 is 10.0 Å². The normalized spacial score (nSPS) is 9.71. The Morgan fingerprint density at radius 2 is 2.35 bits per heavy atom. The number of carboxylic acid groups (broad SMARTS) is 1. The monoisotopic (exact) mass is 253 g/mol. The van der Waals surface area contributed by atoms with Crippen molar-refractivity contribution in [1.29, 1.82) is 5.26 Å². The van der Waals surface area contributed by atoms with Gasteiger partial charge in [-0.1, -0.05) is 18.5 Å². The summed E-state index contributed by atoms with van der Waals surface area (Å²) in [5, 5.41) is 17.9. The molecule has 0 amide bonds. The summed E-state index contributed by atoms with van der Waals surface area (Å²) in [5.41, 5.74) is 0.107. The fraction of sp³-hybridized carbons (Fsp3) is 0.364. The first-order valence-electron chi connectivity index (χ1n) is 5.11. The van der Waals surface area contributed by atoms with Crippen LogP contribution in [-0.4, -0.2) is 29.1 Å². The number of nitriles is 1. The van der Waals surface area contributed by atoms with Gasteiger partial charge in [0.2, 0.25) is 0 Å². The minimum absolute atomic E-state index is 0.107. The van der Waals surface area contributed by atoms with E-state index in [1.54, 1.807) is 17.0 Å². The van der Waals surface area contributed by atoms with E-state index >= 15 is 0 Å². The zero-order valence-electron chi connectivity index (χ0n) is 9.35. The lowest BCUT2D eigenvalue weighted by Crippen LogP contribution is -2.31. The largest absolute Gasteiger partial charge is 0.480 e. The number of hydrogen-bond acceptors (Lipinski definition) is 4. The highest BCUT2D eigenvalue weighted by Gasteiger charge is 2.12. The van der Waals surface area contributed by atoms with E-state index < -0.39 is 5.97 Å². The molecule has 0 bridgehead atoms. The third-order valence-electron chi connectivity index (χ3n) is 2.08. The SMILES string of the molecule is CCCN(CC(=O)O)c1ccc(Cl)c(C#N)n1. The van der Waals surface area contributed by atoms with Gasteiger partial charge in [0.1, 0.15) is 18.4 Å². The summed E-state index contributed by atoms with van der Waals surface area (Å²) >= 11 is 5.76. The molecule has 0 unspecified atom stereocenters. The van der Waals surface area contributed by atoms with Gasteiger partial charge in [-0.2, -0.15) is 5.26 Å². The lowest BCUT2D eigenvalue weighted by Gasteiger charge is -2.21. The average Bonchev–Trinajstić information content (AvgIpc) is 2.28. The number of rotatable bonds is 5. The number of hydrogen-bond donors (Lipinski definition) is 1. The van der Waals surface area contributed by atoms with E-state index in [1.807, 2.05) is 13.0 Å². The maximum absolute atomic E-state index is 10.7. The molecule has 1 aromatic rings. The summed E-state index contributed by atoms with van der Waals surface area (Å²) in [6.07, 6.45) is 0.791. The van der Waals surface area contributed by atoms with E-state index in [4.69, 9.17) is 22.0 Å². The molecule has 0 radical (unpaired) electrons. The molecule has 0 aromatic carbocycles. The third-order valence-corrected chi connectivity index (χ3v) is 2.39. The summed E-state index contributed by atoms with van der Waals surface area (Å²) in [7, 11) is 0. The zero-order valence-corrected chi connectivity index (χ0v) is 10.1. The summed E-state index contributed by atoms with van der Waals surface area (Å²) in [5.74, 6) is -0.482. The minimum atomic E-state index is -0.936. The van der Waals surface area contributed by atoms with Gasteiger partial charge >= 0.3 is 5.97 Å². The van der Waals surface area contributed by atoms with Crippen LogP contribution < -0.4 is 4.90 Å². The van der Waals surface area contributed by atoms with E-state index in [-0.39, 0.29) is 17.3 Å². The van der Waals surface area contributed by atoms with Crippen LogP contribution in [0.15, 0.2) is 12.1 Å². The number of halogens is 1. The summed E-state index contributed by atoms with van der Waals surface area (Å²) in [4.78, 5) is 16.3. The molecule has 6 heteroatoms. The Hall–Kier alpha value is -1.80. The van der Waals surface area contributed by atoms with Crippen molar-refractivity contribution in [2.45, 2.75) is 13.3 Å². The number of aromatic nitrogens is 1. The summed E-state index contributed by atoms with van der Waals surface area (Å²) in [6, 6.07) is 5.03. The number of nitrogens with zero attached hydrogens (tertiary/aromatic N) is 3. The van der Waals surface area contributed by atoms with Gasteiger partial charge in [0.25, 0.3) is 0 Å². The highest BCUT2D eigenvalue weighted by molar-refractivity contribution is 6.31.